The van der Waals surface area contributed by atoms with Crippen molar-refractivity contribution in [3.05, 3.63) is 6.57 Å². The summed E-state index contributed by atoms with van der Waals surface area (Å²) in [6.45, 7) is 4.75. The maximum absolute atomic E-state index is 6.25. The third-order valence-corrected chi connectivity index (χ3v) is 0. The van der Waals surface area contributed by atoms with Crippen LogP contribution in [0.25, 0.3) is 0 Å². The molecule has 1 nitrogen and oxygen atoms in total. The van der Waals surface area contributed by atoms with E-state index in [1.807, 2.05) is 0 Å². The molecule has 0 amide bonds. The molecule has 0 aromatic carbocycles. The summed E-state index contributed by atoms with van der Waals surface area (Å²) in [6.07, 6.45) is 0. The normalized spacial score (nSPS) is 0.500. The number of hydrogen-bond donors (Lipinski definition) is 0. The van der Waals surface area contributed by atoms with E-state index in [2.05, 4.69) is 0 Å². The molecule has 0 heterocycles. The number of hydrogen-bond acceptors (Lipinski definition) is 1. The molecule has 3 heteroatoms. The summed E-state index contributed by atoms with van der Waals surface area (Å²) in [7, 11) is 0. The van der Waals surface area contributed by atoms with Crippen LogP contribution < -0.4 is 51.4 Å². The summed E-state index contributed by atoms with van der Waals surface area (Å²) >= 11 is 0. The molecule has 0 unspecified atom stereocenters. The van der Waals surface area contributed by atoms with Gasteiger partial charge in [0.15, 0.2) is 0 Å². The van der Waals surface area contributed by atoms with Crippen molar-refractivity contribution in [2.24, 2.45) is 0 Å². The van der Waals surface area contributed by atoms with E-state index >= 15 is 0 Å². The van der Waals surface area contributed by atoms with Gasteiger partial charge < -0.3 is 11.8 Å². The zero-order valence-corrected chi connectivity index (χ0v) is 7.54. The van der Waals surface area contributed by atoms with E-state index < -0.39 is 0 Å². The van der Waals surface area contributed by atoms with Gasteiger partial charge in [0.25, 0.3) is 0 Å². The fourth-order valence-corrected chi connectivity index (χ4v) is 0. The van der Waals surface area contributed by atoms with E-state index in [1.165, 1.54) is 0 Å². The molecule has 4 heavy (non-hydrogen) atoms. The predicted octanol–water partition coefficient (Wildman–Crippen LogP) is -2.90. The fraction of sp³-hybridized carbons (Fsp3) is 0. The van der Waals surface area contributed by atoms with Crippen molar-refractivity contribution in [3.8, 4) is 0 Å². The van der Waals surface area contributed by atoms with Crippen molar-refractivity contribution in [3.63, 3.8) is 0 Å². The van der Waals surface area contributed by atoms with Gasteiger partial charge in [0.2, 0.25) is 0 Å². The topological polar surface area (TPSA) is 23.8 Å². The summed E-state index contributed by atoms with van der Waals surface area (Å²) in [5.74, 6) is 0. The second kappa shape index (κ2) is 20.9. The first-order chi connectivity index (χ1) is 1.00. The van der Waals surface area contributed by atoms with E-state index in [1.54, 1.807) is 0 Å². The van der Waals surface area contributed by atoms with Crippen LogP contribution in [0.15, 0.2) is 0 Å². The summed E-state index contributed by atoms with van der Waals surface area (Å²) in [5.41, 5.74) is 0. The third kappa shape index (κ3) is 9.12. The van der Waals surface area contributed by atoms with Crippen LogP contribution in [-0.2, 0) is 22.4 Å². The van der Waals surface area contributed by atoms with Crippen molar-refractivity contribution >= 4 is 0 Å². The second-order valence-electron chi connectivity index (χ2n) is 0. The van der Waals surface area contributed by atoms with Crippen molar-refractivity contribution in [1.82, 2.24) is 0 Å². The zero-order valence-electron chi connectivity index (χ0n) is 2.25. The molecule has 0 aliphatic carbocycles. The van der Waals surface area contributed by atoms with Gasteiger partial charge in [0.05, 0.1) is 0 Å². The molecule has 0 fully saturated rings. The molecule has 0 saturated carbocycles. The van der Waals surface area contributed by atoms with Crippen molar-refractivity contribution in [2.45, 2.75) is 0 Å². The first-order valence-electron chi connectivity index (χ1n) is 0.224. The molecule has 0 atom stereocenters. The van der Waals surface area contributed by atoms with Crippen LogP contribution >= 0.6 is 0 Å². The van der Waals surface area contributed by atoms with Crippen LogP contribution in [0, 0.1) is 11.8 Å². The molecule has 0 bridgehead atoms. The Hall–Kier alpha value is 1.87. The van der Waals surface area contributed by atoms with Gasteiger partial charge in [-0.2, -0.15) is 0 Å². The Morgan fingerprint density at radius 2 is 1.25 bits per heavy atom. The molecule has 0 aliphatic rings. The average Bonchev–Trinajstić information content (AvgIpc) is 1.00. The molecule has 0 saturated heterocycles. The van der Waals surface area contributed by atoms with Crippen LogP contribution in [0.3, 0.4) is 0 Å². The third-order valence-electron chi connectivity index (χ3n) is 0. The largest absolute Gasteiger partial charge is 1.00 e. The maximum atomic E-state index is 6.25. The standard InChI is InChI=1S/CN.Au.K/c1-2;;/q-1;2*+1. The Morgan fingerprint density at radius 3 is 1.25 bits per heavy atom. The summed E-state index contributed by atoms with van der Waals surface area (Å²) in [6, 6.07) is 0. The Balaban J connectivity index is -0.00000000500. The van der Waals surface area contributed by atoms with Gasteiger partial charge in [-0.25, -0.2) is 0 Å². The smallest absolute Gasteiger partial charge is 0.512 e. The van der Waals surface area contributed by atoms with Gasteiger partial charge in [-0.1, -0.05) is 0 Å². The van der Waals surface area contributed by atoms with E-state index in [-0.39, 0.29) is 73.8 Å². The maximum Gasteiger partial charge on any atom is 1.00 e. The molecule has 0 spiro atoms. The number of rotatable bonds is 0. The zero-order chi connectivity index (χ0) is 2.00. The van der Waals surface area contributed by atoms with E-state index in [9.17, 15) is 0 Å². The Kier molecular flexibility index (Phi) is 88.3. The predicted molar refractivity (Wildman–Crippen MR) is 4.97 cm³/mol. The minimum atomic E-state index is 0. The second-order valence-corrected chi connectivity index (χ2v) is 0. The first kappa shape index (κ1) is 16.9. The molecule has 0 aliphatic heterocycles. The Morgan fingerprint density at radius 1 is 1.25 bits per heavy atom. The van der Waals surface area contributed by atoms with Crippen molar-refractivity contribution < 1.29 is 73.8 Å². The molecule has 0 aromatic heterocycles. The van der Waals surface area contributed by atoms with Crippen molar-refractivity contribution in [1.29, 1.82) is 5.26 Å². The molecule has 0 rings (SSSR count). The summed E-state index contributed by atoms with van der Waals surface area (Å²) in [5, 5.41) is 6.25. The summed E-state index contributed by atoms with van der Waals surface area (Å²) in [4.78, 5) is 0. The number of nitrogens with zero attached hydrogens (tertiary/aromatic N) is 1. The van der Waals surface area contributed by atoms with Gasteiger partial charge in [0, 0.05) is 0 Å². The van der Waals surface area contributed by atoms with Gasteiger partial charge in [-0.3, -0.25) is 0 Å². The van der Waals surface area contributed by atoms with E-state index in [0.717, 1.165) is 0 Å². The Labute approximate surface area is 83.7 Å². The van der Waals surface area contributed by atoms with Gasteiger partial charge in [-0.05, 0) is 0 Å². The minimum absolute atomic E-state index is 0. The van der Waals surface area contributed by atoms with Crippen LogP contribution in [0.5, 0.6) is 0 Å². The van der Waals surface area contributed by atoms with Gasteiger partial charge >= 0.3 is 73.8 Å². The molecule has 0 radical (unpaired) electrons. The van der Waals surface area contributed by atoms with E-state index in [4.69, 9.17) is 11.8 Å². The van der Waals surface area contributed by atoms with E-state index in [0.29, 0.717) is 0 Å². The van der Waals surface area contributed by atoms with Crippen LogP contribution in [0.1, 0.15) is 0 Å². The minimum Gasteiger partial charge on any atom is -0.512 e. The fourth-order valence-electron chi connectivity index (χ4n) is 0. The van der Waals surface area contributed by atoms with Gasteiger partial charge in [0.1, 0.15) is 0 Å². The van der Waals surface area contributed by atoms with Crippen LogP contribution in [-0.4, -0.2) is 0 Å². The average molecular weight is 262 g/mol. The van der Waals surface area contributed by atoms with Crippen molar-refractivity contribution in [2.75, 3.05) is 0 Å². The summed E-state index contributed by atoms with van der Waals surface area (Å²) < 4.78 is 0. The molecule has 20 valence electrons. The monoisotopic (exact) mass is 262 g/mol. The Bertz CT molecular complexity index is 12.8. The quantitative estimate of drug-likeness (QED) is 0.339. The van der Waals surface area contributed by atoms with Crippen LogP contribution in [0.2, 0.25) is 0 Å². The molecule has 0 aromatic rings. The molecular formula is CAuKN+. The van der Waals surface area contributed by atoms with Crippen LogP contribution in [0.4, 0.5) is 0 Å². The van der Waals surface area contributed by atoms with Gasteiger partial charge in [-0.15, -0.1) is 0 Å². The first-order valence-corrected chi connectivity index (χ1v) is 0.224. The molecular weight excluding hydrogens is 262 g/mol. The SMILES string of the molecule is [Au+].[C-]#N.[K+]. The molecule has 0 N–H and O–H groups in total.